The predicted octanol–water partition coefficient (Wildman–Crippen LogP) is 2.77. The minimum atomic E-state index is 0.138. The lowest BCUT2D eigenvalue weighted by molar-refractivity contribution is -0.129. The van der Waals surface area contributed by atoms with Crippen LogP contribution in [-0.4, -0.2) is 44.5 Å². The number of benzene rings is 1. The standard InChI is InChI=1S/C16H20BrN5OS/c1-11-5-7-21(8-6-11)14(23)10-24-16-20-19-15(22(16)18)12-3-2-4-13(17)9-12/h2-4,9,11H,5-8,10,18H2,1H3. The zero-order valence-electron chi connectivity index (χ0n) is 13.5. The molecule has 0 saturated carbocycles. The second-order valence-corrected chi connectivity index (χ2v) is 7.90. The van der Waals surface area contributed by atoms with Crippen LogP contribution in [0.3, 0.4) is 0 Å². The minimum Gasteiger partial charge on any atom is -0.342 e. The molecular formula is C16H20BrN5OS. The molecule has 2 N–H and O–H groups in total. The molecule has 0 spiro atoms. The summed E-state index contributed by atoms with van der Waals surface area (Å²) in [6, 6.07) is 7.71. The fraction of sp³-hybridized carbons (Fsp3) is 0.438. The summed E-state index contributed by atoms with van der Waals surface area (Å²) in [5.74, 6) is 7.86. The first kappa shape index (κ1) is 17.3. The van der Waals surface area contributed by atoms with E-state index < -0.39 is 0 Å². The van der Waals surface area contributed by atoms with Gasteiger partial charge in [0.25, 0.3) is 0 Å². The Morgan fingerprint density at radius 1 is 1.38 bits per heavy atom. The van der Waals surface area contributed by atoms with E-state index in [4.69, 9.17) is 5.84 Å². The van der Waals surface area contributed by atoms with E-state index in [2.05, 4.69) is 33.1 Å². The van der Waals surface area contributed by atoms with Crippen molar-refractivity contribution in [3.8, 4) is 11.4 Å². The Balaban J connectivity index is 1.63. The number of nitrogens with two attached hydrogens (primary N) is 1. The molecule has 0 aliphatic carbocycles. The molecule has 2 aromatic rings. The monoisotopic (exact) mass is 409 g/mol. The highest BCUT2D eigenvalue weighted by Crippen LogP contribution is 2.24. The summed E-state index contributed by atoms with van der Waals surface area (Å²) in [6.07, 6.45) is 2.16. The average molecular weight is 410 g/mol. The third-order valence-corrected chi connectivity index (χ3v) is 5.63. The van der Waals surface area contributed by atoms with E-state index in [9.17, 15) is 4.79 Å². The lowest BCUT2D eigenvalue weighted by Crippen LogP contribution is -2.39. The lowest BCUT2D eigenvalue weighted by atomic mass is 9.99. The van der Waals surface area contributed by atoms with Crippen LogP contribution in [0.2, 0.25) is 0 Å². The fourth-order valence-electron chi connectivity index (χ4n) is 2.68. The largest absolute Gasteiger partial charge is 0.342 e. The maximum atomic E-state index is 12.3. The molecule has 1 aromatic carbocycles. The molecule has 1 saturated heterocycles. The van der Waals surface area contributed by atoms with Crippen molar-refractivity contribution in [3.63, 3.8) is 0 Å². The number of rotatable bonds is 4. The molecule has 6 nitrogen and oxygen atoms in total. The smallest absolute Gasteiger partial charge is 0.233 e. The number of amides is 1. The van der Waals surface area contributed by atoms with Crippen LogP contribution in [0.4, 0.5) is 0 Å². The molecule has 0 atom stereocenters. The van der Waals surface area contributed by atoms with Crippen LogP contribution >= 0.6 is 27.7 Å². The van der Waals surface area contributed by atoms with E-state index in [0.29, 0.717) is 22.7 Å². The molecule has 8 heteroatoms. The molecule has 1 aliphatic heterocycles. The Bertz CT molecular complexity index is 727. The van der Waals surface area contributed by atoms with Crippen molar-refractivity contribution in [3.05, 3.63) is 28.7 Å². The Morgan fingerprint density at radius 3 is 2.83 bits per heavy atom. The molecule has 0 unspecified atom stereocenters. The van der Waals surface area contributed by atoms with Crippen molar-refractivity contribution in [2.24, 2.45) is 5.92 Å². The molecule has 1 amide bonds. The van der Waals surface area contributed by atoms with Crippen LogP contribution < -0.4 is 5.84 Å². The van der Waals surface area contributed by atoms with Gasteiger partial charge in [-0.05, 0) is 30.9 Å². The Kier molecular flexibility index (Phi) is 5.45. The molecular weight excluding hydrogens is 390 g/mol. The van der Waals surface area contributed by atoms with Crippen molar-refractivity contribution in [2.45, 2.75) is 24.9 Å². The van der Waals surface area contributed by atoms with Crippen LogP contribution in [-0.2, 0) is 4.79 Å². The molecule has 2 heterocycles. The van der Waals surface area contributed by atoms with Crippen molar-refractivity contribution in [2.75, 3.05) is 24.7 Å². The highest BCUT2D eigenvalue weighted by Gasteiger charge is 2.21. The van der Waals surface area contributed by atoms with Gasteiger partial charge in [0.2, 0.25) is 11.1 Å². The van der Waals surface area contributed by atoms with E-state index in [-0.39, 0.29) is 5.91 Å². The molecule has 1 aliphatic rings. The second kappa shape index (κ2) is 7.57. The van der Waals surface area contributed by atoms with E-state index in [1.54, 1.807) is 0 Å². The highest BCUT2D eigenvalue weighted by molar-refractivity contribution is 9.10. The second-order valence-electron chi connectivity index (χ2n) is 6.04. The molecule has 1 aromatic heterocycles. The first-order chi connectivity index (χ1) is 11.5. The van der Waals surface area contributed by atoms with Crippen LogP contribution in [0.15, 0.2) is 33.9 Å². The van der Waals surface area contributed by atoms with Gasteiger partial charge in [0, 0.05) is 23.1 Å². The van der Waals surface area contributed by atoms with Crippen LogP contribution in [0.5, 0.6) is 0 Å². The van der Waals surface area contributed by atoms with E-state index in [1.165, 1.54) is 16.4 Å². The van der Waals surface area contributed by atoms with Gasteiger partial charge in [-0.15, -0.1) is 10.2 Å². The van der Waals surface area contributed by atoms with Crippen LogP contribution in [0, 0.1) is 5.92 Å². The number of hydrogen-bond donors (Lipinski definition) is 1. The topological polar surface area (TPSA) is 77.0 Å². The predicted molar refractivity (Wildman–Crippen MR) is 99.0 cm³/mol. The highest BCUT2D eigenvalue weighted by atomic mass is 79.9. The summed E-state index contributed by atoms with van der Waals surface area (Å²) >= 11 is 4.77. The molecule has 128 valence electrons. The van der Waals surface area contributed by atoms with Gasteiger partial charge in [-0.1, -0.05) is 46.7 Å². The van der Waals surface area contributed by atoms with E-state index in [1.807, 2.05) is 29.2 Å². The maximum Gasteiger partial charge on any atom is 0.233 e. The van der Waals surface area contributed by atoms with Gasteiger partial charge in [0.05, 0.1) is 5.75 Å². The number of carbonyl (C=O) groups excluding carboxylic acids is 1. The number of nitrogen functional groups attached to an aromatic ring is 1. The van der Waals surface area contributed by atoms with Crippen LogP contribution in [0.1, 0.15) is 19.8 Å². The zero-order chi connectivity index (χ0) is 17.1. The third kappa shape index (κ3) is 3.92. The Morgan fingerprint density at radius 2 is 2.12 bits per heavy atom. The van der Waals surface area contributed by atoms with Crippen LogP contribution in [0.25, 0.3) is 11.4 Å². The van der Waals surface area contributed by atoms with E-state index >= 15 is 0 Å². The Hall–Kier alpha value is -1.54. The average Bonchev–Trinajstić information content (AvgIpc) is 2.94. The normalized spacial score (nSPS) is 15.7. The van der Waals surface area contributed by atoms with Gasteiger partial charge in [0.15, 0.2) is 5.82 Å². The number of piperidine rings is 1. The van der Waals surface area contributed by atoms with Gasteiger partial charge < -0.3 is 10.7 Å². The number of nitrogens with zero attached hydrogens (tertiary/aromatic N) is 4. The number of carbonyl (C=O) groups is 1. The molecule has 0 radical (unpaired) electrons. The summed E-state index contributed by atoms with van der Waals surface area (Å²) in [7, 11) is 0. The summed E-state index contributed by atoms with van der Waals surface area (Å²) in [6.45, 7) is 3.93. The van der Waals surface area contributed by atoms with Crippen molar-refractivity contribution in [1.82, 2.24) is 19.8 Å². The van der Waals surface area contributed by atoms with Crippen molar-refractivity contribution < 1.29 is 4.79 Å². The number of halogens is 1. The fourth-order valence-corrected chi connectivity index (χ4v) is 3.83. The number of likely N-dealkylation sites (tertiary alicyclic amines) is 1. The van der Waals surface area contributed by atoms with Gasteiger partial charge >= 0.3 is 0 Å². The molecule has 1 fully saturated rings. The Labute approximate surface area is 153 Å². The zero-order valence-corrected chi connectivity index (χ0v) is 15.9. The summed E-state index contributed by atoms with van der Waals surface area (Å²) in [5.41, 5.74) is 0.877. The SMILES string of the molecule is CC1CCN(C(=O)CSc2nnc(-c3cccc(Br)c3)n2N)CC1. The maximum absolute atomic E-state index is 12.3. The first-order valence-corrected chi connectivity index (χ1v) is 9.69. The van der Waals surface area contributed by atoms with Gasteiger partial charge in [-0.25, -0.2) is 4.68 Å². The van der Waals surface area contributed by atoms with E-state index in [0.717, 1.165) is 36.0 Å². The quantitative estimate of drug-likeness (QED) is 0.620. The van der Waals surface area contributed by atoms with Crippen molar-refractivity contribution in [1.29, 1.82) is 0 Å². The third-order valence-electron chi connectivity index (χ3n) is 4.21. The molecule has 0 bridgehead atoms. The molecule has 3 rings (SSSR count). The summed E-state index contributed by atoms with van der Waals surface area (Å²) in [5, 5.41) is 8.81. The lowest BCUT2D eigenvalue weighted by Gasteiger charge is -2.30. The first-order valence-electron chi connectivity index (χ1n) is 7.91. The molecule has 24 heavy (non-hydrogen) atoms. The van der Waals surface area contributed by atoms with Gasteiger partial charge in [-0.2, -0.15) is 0 Å². The number of thioether (sulfide) groups is 1. The number of hydrogen-bond acceptors (Lipinski definition) is 5. The van der Waals surface area contributed by atoms with Gasteiger partial charge in [-0.3, -0.25) is 4.79 Å². The van der Waals surface area contributed by atoms with Gasteiger partial charge in [0.1, 0.15) is 0 Å². The van der Waals surface area contributed by atoms with Crippen molar-refractivity contribution >= 4 is 33.6 Å². The summed E-state index contributed by atoms with van der Waals surface area (Å²) in [4.78, 5) is 14.2. The number of aromatic nitrogens is 3. The minimum absolute atomic E-state index is 0.138. The summed E-state index contributed by atoms with van der Waals surface area (Å²) < 4.78 is 2.39.